The van der Waals surface area contributed by atoms with Crippen molar-refractivity contribution in [3.05, 3.63) is 46.2 Å². The highest BCUT2D eigenvalue weighted by molar-refractivity contribution is 7.12. The topological polar surface area (TPSA) is 60.4 Å². The molecule has 0 spiro atoms. The molecule has 1 saturated heterocycles. The lowest BCUT2D eigenvalue weighted by atomic mass is 9.97. The monoisotopic (exact) mass is 370 g/mol. The molecule has 4 rings (SSSR count). The molecule has 1 aromatic carbocycles. The van der Waals surface area contributed by atoms with Crippen LogP contribution >= 0.6 is 11.3 Å². The maximum atomic E-state index is 8.23. The van der Waals surface area contributed by atoms with Crippen molar-refractivity contribution in [2.24, 2.45) is 0 Å². The molecule has 2 unspecified atom stereocenters. The van der Waals surface area contributed by atoms with Crippen LogP contribution in [0.4, 0.5) is 11.4 Å². The summed E-state index contributed by atoms with van der Waals surface area (Å²) in [5.41, 5.74) is 3.66. The summed E-state index contributed by atoms with van der Waals surface area (Å²) in [7, 11) is 0. The van der Waals surface area contributed by atoms with Crippen LogP contribution in [0.2, 0.25) is 0 Å². The van der Waals surface area contributed by atoms with Gasteiger partial charge in [-0.2, -0.15) is 0 Å². The quantitative estimate of drug-likeness (QED) is 0.571. The van der Waals surface area contributed by atoms with Gasteiger partial charge in [0.25, 0.3) is 0 Å². The largest absolute Gasteiger partial charge is 0.373 e. The van der Waals surface area contributed by atoms with Crippen molar-refractivity contribution in [3.8, 4) is 0 Å². The normalized spacial score (nSPS) is 21.1. The Kier molecular flexibility index (Phi) is 5.24. The average Bonchev–Trinajstić information content (AvgIpc) is 3.22. The van der Waals surface area contributed by atoms with Crippen LogP contribution in [-0.4, -0.2) is 44.2 Å². The first-order valence-electron chi connectivity index (χ1n) is 9.34. The second-order valence-corrected chi connectivity index (χ2v) is 7.92. The van der Waals surface area contributed by atoms with Gasteiger partial charge in [0.05, 0.1) is 23.6 Å². The lowest BCUT2D eigenvalue weighted by Gasteiger charge is -2.41. The molecule has 2 aromatic rings. The molecule has 0 saturated carbocycles. The van der Waals surface area contributed by atoms with Crippen molar-refractivity contribution in [1.82, 2.24) is 5.32 Å². The van der Waals surface area contributed by atoms with E-state index >= 15 is 0 Å². The van der Waals surface area contributed by atoms with E-state index in [4.69, 9.17) is 10.1 Å². The van der Waals surface area contributed by atoms with E-state index in [1.165, 1.54) is 11.3 Å². The molecule has 3 N–H and O–H groups in total. The molecule has 2 aliphatic rings. The summed E-state index contributed by atoms with van der Waals surface area (Å²) >= 11 is 1.58. The van der Waals surface area contributed by atoms with Gasteiger partial charge in [-0.1, -0.05) is 6.07 Å². The number of ether oxygens (including phenoxy) is 1. The van der Waals surface area contributed by atoms with E-state index in [0.717, 1.165) is 49.6 Å². The second kappa shape index (κ2) is 7.78. The van der Waals surface area contributed by atoms with Crippen LogP contribution in [0.1, 0.15) is 23.8 Å². The van der Waals surface area contributed by atoms with Crippen LogP contribution < -0.4 is 15.5 Å². The minimum Gasteiger partial charge on any atom is -0.373 e. The number of anilines is 2. The Balaban J connectivity index is 1.51. The zero-order chi connectivity index (χ0) is 17.9. The highest BCUT2D eigenvalue weighted by atomic mass is 32.1. The Morgan fingerprint density at radius 2 is 2.35 bits per heavy atom. The summed E-state index contributed by atoms with van der Waals surface area (Å²) in [4.78, 5) is 3.45. The predicted octanol–water partition coefficient (Wildman–Crippen LogP) is 3.32. The number of aryl methyl sites for hydroxylation is 1. The molecule has 1 fully saturated rings. The van der Waals surface area contributed by atoms with E-state index in [2.05, 4.69) is 40.7 Å². The van der Waals surface area contributed by atoms with E-state index < -0.39 is 0 Å². The number of nitrogens with one attached hydrogen (secondary N) is 3. The molecule has 0 amide bonds. The van der Waals surface area contributed by atoms with E-state index in [0.29, 0.717) is 11.9 Å². The number of hydrogen-bond acceptors (Lipinski definition) is 5. The Labute approximate surface area is 158 Å². The molecule has 0 aliphatic carbocycles. The number of hydrogen-bond donors (Lipinski definition) is 3. The zero-order valence-corrected chi connectivity index (χ0v) is 15.9. The smallest absolute Gasteiger partial charge is 0.140 e. The molecule has 1 aromatic heterocycles. The van der Waals surface area contributed by atoms with E-state index in [1.807, 2.05) is 17.5 Å². The molecule has 0 radical (unpaired) electrons. The number of rotatable bonds is 4. The van der Waals surface area contributed by atoms with Gasteiger partial charge in [0.15, 0.2) is 0 Å². The maximum absolute atomic E-state index is 8.23. The maximum Gasteiger partial charge on any atom is 0.140 e. The lowest BCUT2D eigenvalue weighted by Crippen LogP contribution is -2.52. The molecule has 3 heterocycles. The third kappa shape index (κ3) is 3.63. The Morgan fingerprint density at radius 3 is 3.12 bits per heavy atom. The molecular weight excluding hydrogens is 344 g/mol. The first-order chi connectivity index (χ1) is 12.7. The standard InChI is InChI=1S/C20H26N4OS/c1-14(18-13-22-8-10-25-18)24-9-2-4-15-12-16(6-7-17(15)24)23-20(21)19-5-3-11-26-19/h3,5-7,11-12,14,18,22H,2,4,8-10,13H2,1H3,(H2,21,23). The van der Waals surface area contributed by atoms with E-state index in [9.17, 15) is 0 Å². The van der Waals surface area contributed by atoms with Gasteiger partial charge >= 0.3 is 0 Å². The lowest BCUT2D eigenvalue weighted by molar-refractivity contribution is 0.0142. The van der Waals surface area contributed by atoms with E-state index in [-0.39, 0.29) is 6.10 Å². The van der Waals surface area contributed by atoms with Crippen molar-refractivity contribution in [1.29, 1.82) is 5.41 Å². The molecular formula is C20H26N4OS. The Morgan fingerprint density at radius 1 is 1.42 bits per heavy atom. The zero-order valence-electron chi connectivity index (χ0n) is 15.1. The van der Waals surface area contributed by atoms with Crippen molar-refractivity contribution in [3.63, 3.8) is 0 Å². The molecule has 2 atom stereocenters. The average molecular weight is 371 g/mol. The fraction of sp³-hybridized carbons (Fsp3) is 0.450. The third-order valence-corrected chi connectivity index (χ3v) is 6.14. The minimum atomic E-state index is 0.236. The van der Waals surface area contributed by atoms with Crippen LogP contribution in [0, 0.1) is 5.41 Å². The number of benzene rings is 1. The molecule has 138 valence electrons. The first kappa shape index (κ1) is 17.5. The molecule has 26 heavy (non-hydrogen) atoms. The summed E-state index contributed by atoms with van der Waals surface area (Å²) in [6.45, 7) is 6.01. The van der Waals surface area contributed by atoms with Crippen molar-refractivity contribution in [2.75, 3.05) is 36.5 Å². The van der Waals surface area contributed by atoms with Crippen molar-refractivity contribution in [2.45, 2.75) is 31.9 Å². The van der Waals surface area contributed by atoms with Gasteiger partial charge in [0, 0.05) is 31.0 Å². The number of fused-ring (bicyclic) bond motifs is 1. The summed E-state index contributed by atoms with van der Waals surface area (Å²) in [5, 5.41) is 16.9. The van der Waals surface area contributed by atoms with Gasteiger partial charge in [-0.05, 0) is 55.0 Å². The fourth-order valence-corrected chi connectivity index (χ4v) is 4.48. The molecule has 6 heteroatoms. The minimum absolute atomic E-state index is 0.236. The molecule has 2 aliphatic heterocycles. The van der Waals surface area contributed by atoms with Gasteiger partial charge in [-0.25, -0.2) is 0 Å². The van der Waals surface area contributed by atoms with Crippen molar-refractivity contribution >= 4 is 28.5 Å². The van der Waals surface area contributed by atoms with Gasteiger partial charge in [0.1, 0.15) is 5.84 Å². The second-order valence-electron chi connectivity index (χ2n) is 6.97. The SMILES string of the molecule is CC(C1CNCCO1)N1CCCc2cc(NC(=N)c3cccs3)ccc21. The van der Waals surface area contributed by atoms with Crippen LogP contribution in [0.15, 0.2) is 35.7 Å². The first-order valence-corrected chi connectivity index (χ1v) is 10.2. The number of amidine groups is 1. The predicted molar refractivity (Wildman–Crippen MR) is 109 cm³/mol. The molecule has 5 nitrogen and oxygen atoms in total. The highest BCUT2D eigenvalue weighted by Gasteiger charge is 2.29. The summed E-state index contributed by atoms with van der Waals surface area (Å²) in [6, 6.07) is 10.8. The van der Waals surface area contributed by atoms with Crippen LogP contribution in [0.3, 0.4) is 0 Å². The van der Waals surface area contributed by atoms with E-state index in [1.54, 1.807) is 11.3 Å². The third-order valence-electron chi connectivity index (χ3n) is 5.26. The molecule has 0 bridgehead atoms. The van der Waals surface area contributed by atoms with Gasteiger partial charge in [-0.15, -0.1) is 11.3 Å². The van der Waals surface area contributed by atoms with Crippen LogP contribution in [0.5, 0.6) is 0 Å². The number of nitrogens with zero attached hydrogens (tertiary/aromatic N) is 1. The van der Waals surface area contributed by atoms with Crippen molar-refractivity contribution < 1.29 is 4.74 Å². The van der Waals surface area contributed by atoms with Crippen LogP contribution in [-0.2, 0) is 11.2 Å². The fourth-order valence-electron chi connectivity index (χ4n) is 3.85. The van der Waals surface area contributed by atoms with Gasteiger partial charge in [0.2, 0.25) is 0 Å². The summed E-state index contributed by atoms with van der Waals surface area (Å²) in [6.07, 6.45) is 2.48. The van der Waals surface area contributed by atoms with Gasteiger partial charge in [-0.3, -0.25) is 5.41 Å². The summed E-state index contributed by atoms with van der Waals surface area (Å²) < 4.78 is 5.98. The summed E-state index contributed by atoms with van der Waals surface area (Å²) in [5.74, 6) is 0.461. The number of thiophene rings is 1. The number of morpholine rings is 1. The Bertz CT molecular complexity index is 755. The van der Waals surface area contributed by atoms with Gasteiger partial charge < -0.3 is 20.3 Å². The van der Waals surface area contributed by atoms with Crippen LogP contribution in [0.25, 0.3) is 0 Å². The Hall–Kier alpha value is -1.89. The highest BCUT2D eigenvalue weighted by Crippen LogP contribution is 2.32.